The van der Waals surface area contributed by atoms with Crippen LogP contribution in [0, 0.1) is 0 Å². The molecule has 1 aromatic carbocycles. The van der Waals surface area contributed by atoms with Crippen LogP contribution in [0.25, 0.3) is 11.0 Å². The number of nitrogens with zero attached hydrogens (tertiary/aromatic N) is 2. The van der Waals surface area contributed by atoms with Crippen LogP contribution in [0.5, 0.6) is 0 Å². The average molecular weight is 262 g/mol. The maximum absolute atomic E-state index is 12.0. The van der Waals surface area contributed by atoms with E-state index in [2.05, 4.69) is 5.16 Å². The topological polar surface area (TPSA) is 66.6 Å². The molecule has 1 aromatic heterocycles. The van der Waals surface area contributed by atoms with E-state index in [1.165, 1.54) is 0 Å². The number of benzene rings is 1. The third-order valence-electron chi connectivity index (χ3n) is 3.08. The smallest absolute Gasteiger partial charge is 0.228 e. The zero-order valence-electron chi connectivity index (χ0n) is 11.2. The monoisotopic (exact) mass is 262 g/mol. The Hall–Kier alpha value is -1.88. The van der Waals surface area contributed by atoms with Crippen molar-refractivity contribution in [2.75, 3.05) is 13.6 Å². The number of likely N-dealkylation sites (N-methyl/N-ethyl adjacent to an activating group) is 1. The van der Waals surface area contributed by atoms with Gasteiger partial charge in [0.1, 0.15) is 5.69 Å². The number of aliphatic hydroxyl groups is 1. The molecule has 0 aliphatic rings. The Morgan fingerprint density at radius 1 is 1.47 bits per heavy atom. The molecule has 0 radical (unpaired) electrons. The molecule has 1 amide bonds. The molecule has 0 fully saturated rings. The minimum absolute atomic E-state index is 0.0281. The molecule has 2 aromatic rings. The Labute approximate surface area is 111 Å². The van der Waals surface area contributed by atoms with Crippen LogP contribution >= 0.6 is 0 Å². The second kappa shape index (κ2) is 5.84. The van der Waals surface area contributed by atoms with Gasteiger partial charge in [-0.05, 0) is 25.5 Å². The summed E-state index contributed by atoms with van der Waals surface area (Å²) in [5, 5.41) is 14.0. The third kappa shape index (κ3) is 3.32. The normalized spacial score (nSPS) is 12.6. The first-order valence-electron chi connectivity index (χ1n) is 6.33. The number of rotatable bonds is 5. The number of para-hydroxylation sites is 1. The molecule has 0 spiro atoms. The molecule has 102 valence electrons. The summed E-state index contributed by atoms with van der Waals surface area (Å²) in [4.78, 5) is 13.6. The number of carbonyl (C=O) groups excluding carboxylic acids is 1. The first kappa shape index (κ1) is 13.5. The number of aliphatic hydroxyl groups excluding tert-OH is 1. The van der Waals surface area contributed by atoms with Crippen LogP contribution in [0.1, 0.15) is 19.0 Å². The quantitative estimate of drug-likeness (QED) is 0.888. The first-order valence-corrected chi connectivity index (χ1v) is 6.33. The van der Waals surface area contributed by atoms with Gasteiger partial charge >= 0.3 is 0 Å². The van der Waals surface area contributed by atoms with E-state index >= 15 is 0 Å². The molecule has 0 saturated heterocycles. The lowest BCUT2D eigenvalue weighted by Gasteiger charge is -2.17. The fourth-order valence-electron chi connectivity index (χ4n) is 1.85. The summed E-state index contributed by atoms with van der Waals surface area (Å²) >= 11 is 0. The van der Waals surface area contributed by atoms with Crippen LogP contribution in [0.15, 0.2) is 28.8 Å². The van der Waals surface area contributed by atoms with E-state index in [-0.39, 0.29) is 12.3 Å². The van der Waals surface area contributed by atoms with Crippen molar-refractivity contribution in [1.82, 2.24) is 10.1 Å². The molecule has 1 heterocycles. The lowest BCUT2D eigenvalue weighted by atomic mass is 10.1. The average Bonchev–Trinajstić information content (AvgIpc) is 2.79. The number of hydrogen-bond donors (Lipinski definition) is 1. The van der Waals surface area contributed by atoms with Gasteiger partial charge in [0.2, 0.25) is 5.91 Å². The number of amides is 1. The zero-order valence-corrected chi connectivity index (χ0v) is 11.2. The zero-order chi connectivity index (χ0) is 13.8. The molecule has 2 rings (SSSR count). The highest BCUT2D eigenvalue weighted by Crippen LogP contribution is 2.18. The van der Waals surface area contributed by atoms with Crippen LogP contribution in [-0.2, 0) is 11.2 Å². The standard InChI is InChI=1S/C14H18N2O3/c1-10(17)7-8-16(2)14(18)9-12-11-5-3-4-6-13(11)19-15-12/h3-6,10,17H,7-9H2,1-2H3. The highest BCUT2D eigenvalue weighted by molar-refractivity contribution is 5.86. The van der Waals surface area contributed by atoms with Crippen molar-refractivity contribution < 1.29 is 14.4 Å². The highest BCUT2D eigenvalue weighted by Gasteiger charge is 2.15. The number of carbonyl (C=O) groups is 1. The van der Waals surface area contributed by atoms with Crippen molar-refractivity contribution in [3.05, 3.63) is 30.0 Å². The van der Waals surface area contributed by atoms with Crippen molar-refractivity contribution in [2.24, 2.45) is 0 Å². The van der Waals surface area contributed by atoms with E-state index in [1.54, 1.807) is 18.9 Å². The lowest BCUT2D eigenvalue weighted by Crippen LogP contribution is -2.30. The van der Waals surface area contributed by atoms with Gasteiger partial charge in [0.05, 0.1) is 12.5 Å². The summed E-state index contributed by atoms with van der Waals surface area (Å²) in [5.74, 6) is -0.0281. The van der Waals surface area contributed by atoms with Gasteiger partial charge in [-0.1, -0.05) is 17.3 Å². The second-order valence-corrected chi connectivity index (χ2v) is 4.76. The molecular formula is C14H18N2O3. The summed E-state index contributed by atoms with van der Waals surface area (Å²) in [5.41, 5.74) is 1.35. The third-order valence-corrected chi connectivity index (χ3v) is 3.08. The number of hydrogen-bond acceptors (Lipinski definition) is 4. The van der Waals surface area contributed by atoms with E-state index < -0.39 is 6.10 Å². The van der Waals surface area contributed by atoms with E-state index in [1.807, 2.05) is 24.3 Å². The van der Waals surface area contributed by atoms with E-state index in [9.17, 15) is 9.90 Å². The molecule has 0 bridgehead atoms. The second-order valence-electron chi connectivity index (χ2n) is 4.76. The van der Waals surface area contributed by atoms with Crippen molar-refractivity contribution in [3.8, 4) is 0 Å². The maximum atomic E-state index is 12.0. The highest BCUT2D eigenvalue weighted by atomic mass is 16.5. The molecule has 1 unspecified atom stereocenters. The lowest BCUT2D eigenvalue weighted by molar-refractivity contribution is -0.129. The maximum Gasteiger partial charge on any atom is 0.228 e. The van der Waals surface area contributed by atoms with E-state index in [0.717, 1.165) is 5.39 Å². The summed E-state index contributed by atoms with van der Waals surface area (Å²) < 4.78 is 5.17. The van der Waals surface area contributed by atoms with Crippen LogP contribution in [-0.4, -0.2) is 40.8 Å². The molecular weight excluding hydrogens is 244 g/mol. The predicted molar refractivity (Wildman–Crippen MR) is 71.6 cm³/mol. The molecule has 0 aliphatic carbocycles. The van der Waals surface area contributed by atoms with Crippen LogP contribution in [0.3, 0.4) is 0 Å². The summed E-state index contributed by atoms with van der Waals surface area (Å²) in [6.07, 6.45) is 0.387. The molecule has 1 N–H and O–H groups in total. The van der Waals surface area contributed by atoms with Gasteiger partial charge in [-0.15, -0.1) is 0 Å². The summed E-state index contributed by atoms with van der Waals surface area (Å²) in [6.45, 7) is 2.25. The Morgan fingerprint density at radius 3 is 2.95 bits per heavy atom. The van der Waals surface area contributed by atoms with E-state index in [0.29, 0.717) is 24.2 Å². The molecule has 1 atom stereocenters. The van der Waals surface area contributed by atoms with Crippen molar-refractivity contribution in [3.63, 3.8) is 0 Å². The molecule has 5 nitrogen and oxygen atoms in total. The van der Waals surface area contributed by atoms with Gasteiger partial charge in [0.15, 0.2) is 5.58 Å². The van der Waals surface area contributed by atoms with Crippen molar-refractivity contribution >= 4 is 16.9 Å². The molecule has 0 aliphatic heterocycles. The summed E-state index contributed by atoms with van der Waals surface area (Å²) in [6, 6.07) is 7.48. The van der Waals surface area contributed by atoms with E-state index in [4.69, 9.17) is 4.52 Å². The van der Waals surface area contributed by atoms with Gasteiger partial charge in [-0.2, -0.15) is 0 Å². The number of aromatic nitrogens is 1. The molecule has 5 heteroatoms. The van der Waals surface area contributed by atoms with Crippen LogP contribution in [0.4, 0.5) is 0 Å². The van der Waals surface area contributed by atoms with Gasteiger partial charge in [0.25, 0.3) is 0 Å². The van der Waals surface area contributed by atoms with Gasteiger partial charge < -0.3 is 14.5 Å². The van der Waals surface area contributed by atoms with Crippen LogP contribution in [0.2, 0.25) is 0 Å². The number of fused-ring (bicyclic) bond motifs is 1. The largest absolute Gasteiger partial charge is 0.393 e. The van der Waals surface area contributed by atoms with Crippen LogP contribution < -0.4 is 0 Å². The SMILES string of the molecule is CC(O)CCN(C)C(=O)Cc1noc2ccccc12. The van der Waals surface area contributed by atoms with Gasteiger partial charge in [-0.25, -0.2) is 0 Å². The fraction of sp³-hybridized carbons (Fsp3) is 0.429. The van der Waals surface area contributed by atoms with Gasteiger partial charge in [-0.3, -0.25) is 4.79 Å². The Morgan fingerprint density at radius 2 is 2.21 bits per heavy atom. The molecule has 0 saturated carbocycles. The summed E-state index contributed by atoms with van der Waals surface area (Å²) in [7, 11) is 1.73. The minimum Gasteiger partial charge on any atom is -0.393 e. The predicted octanol–water partition coefficient (Wildman–Crippen LogP) is 1.60. The molecule has 19 heavy (non-hydrogen) atoms. The minimum atomic E-state index is -0.400. The van der Waals surface area contributed by atoms with Crippen molar-refractivity contribution in [2.45, 2.75) is 25.9 Å². The first-order chi connectivity index (χ1) is 9.08. The fourth-order valence-corrected chi connectivity index (χ4v) is 1.85. The van der Waals surface area contributed by atoms with Gasteiger partial charge in [0, 0.05) is 19.0 Å². The Balaban J connectivity index is 2.02. The Bertz CT molecular complexity index is 563. The Kier molecular flexibility index (Phi) is 4.16. The van der Waals surface area contributed by atoms with Crippen molar-refractivity contribution in [1.29, 1.82) is 0 Å².